The van der Waals surface area contributed by atoms with Gasteiger partial charge >= 0.3 is 0 Å². The highest BCUT2D eigenvalue weighted by Gasteiger charge is 2.24. The topological polar surface area (TPSA) is 86.4 Å². The van der Waals surface area contributed by atoms with Gasteiger partial charge in [0.2, 0.25) is 0 Å². The van der Waals surface area contributed by atoms with Crippen molar-refractivity contribution in [1.29, 1.82) is 5.26 Å². The standard InChI is InChI=1S/C19H19ClN4O2/c1-13(19(26)22-15-9-7-14(11-21)8-10-15)24(2)12-18(25)23-17-6-4-3-5-16(17)20/h3-10,13H,12H2,1-2H3,(H,22,26)(H,23,25)/p+1/t13-/m1/s1. The fourth-order valence-corrected chi connectivity index (χ4v) is 2.45. The summed E-state index contributed by atoms with van der Waals surface area (Å²) in [6, 6.07) is 15.2. The molecule has 0 aliphatic carbocycles. The molecule has 0 aliphatic rings. The molecule has 2 aromatic rings. The summed E-state index contributed by atoms with van der Waals surface area (Å²) < 4.78 is 0. The number of carbonyl (C=O) groups is 2. The third-order valence-electron chi connectivity index (χ3n) is 4.00. The minimum absolute atomic E-state index is 0.118. The number of hydrogen-bond donors (Lipinski definition) is 3. The summed E-state index contributed by atoms with van der Waals surface area (Å²) in [5.74, 6) is -0.439. The first-order valence-electron chi connectivity index (χ1n) is 8.08. The summed E-state index contributed by atoms with van der Waals surface area (Å²) in [6.07, 6.45) is 0. The highest BCUT2D eigenvalue weighted by Crippen LogP contribution is 2.19. The molecule has 0 heterocycles. The maximum atomic E-state index is 12.4. The zero-order chi connectivity index (χ0) is 19.1. The molecule has 134 valence electrons. The number of benzene rings is 2. The highest BCUT2D eigenvalue weighted by molar-refractivity contribution is 6.33. The molecule has 0 fully saturated rings. The van der Waals surface area contributed by atoms with E-state index in [-0.39, 0.29) is 18.4 Å². The van der Waals surface area contributed by atoms with E-state index in [2.05, 4.69) is 10.6 Å². The van der Waals surface area contributed by atoms with E-state index in [4.69, 9.17) is 16.9 Å². The second kappa shape index (κ2) is 8.99. The third-order valence-corrected chi connectivity index (χ3v) is 4.33. The molecule has 26 heavy (non-hydrogen) atoms. The zero-order valence-electron chi connectivity index (χ0n) is 14.5. The Morgan fingerprint density at radius 2 is 1.81 bits per heavy atom. The van der Waals surface area contributed by atoms with E-state index in [1.807, 2.05) is 6.07 Å². The average Bonchev–Trinajstić information content (AvgIpc) is 2.63. The number of amides is 2. The molecule has 7 heteroatoms. The number of likely N-dealkylation sites (N-methyl/N-ethyl adjacent to an activating group) is 1. The van der Waals surface area contributed by atoms with Crippen molar-refractivity contribution in [2.45, 2.75) is 13.0 Å². The Hall–Kier alpha value is -2.88. The van der Waals surface area contributed by atoms with Gasteiger partial charge in [0.15, 0.2) is 12.6 Å². The quantitative estimate of drug-likeness (QED) is 0.722. The molecular formula is C19H20ClN4O2+. The van der Waals surface area contributed by atoms with Crippen LogP contribution in [0.25, 0.3) is 0 Å². The number of carbonyl (C=O) groups excluding carboxylic acids is 2. The van der Waals surface area contributed by atoms with E-state index in [1.54, 1.807) is 62.5 Å². The van der Waals surface area contributed by atoms with Gasteiger partial charge in [-0.3, -0.25) is 9.59 Å². The molecule has 1 unspecified atom stereocenters. The van der Waals surface area contributed by atoms with Gasteiger partial charge < -0.3 is 15.5 Å². The van der Waals surface area contributed by atoms with E-state index in [1.165, 1.54) is 0 Å². The number of nitriles is 1. The molecule has 2 aromatic carbocycles. The lowest BCUT2D eigenvalue weighted by Crippen LogP contribution is -3.14. The van der Waals surface area contributed by atoms with Gasteiger partial charge in [0.05, 0.1) is 29.4 Å². The summed E-state index contributed by atoms with van der Waals surface area (Å²) in [4.78, 5) is 25.3. The Morgan fingerprint density at radius 1 is 1.15 bits per heavy atom. The van der Waals surface area contributed by atoms with Crippen LogP contribution in [-0.4, -0.2) is 31.4 Å². The second-order valence-electron chi connectivity index (χ2n) is 5.95. The van der Waals surface area contributed by atoms with Crippen LogP contribution >= 0.6 is 11.6 Å². The van der Waals surface area contributed by atoms with E-state index in [0.717, 1.165) is 4.90 Å². The number of nitrogens with one attached hydrogen (secondary N) is 3. The first kappa shape index (κ1) is 19.4. The van der Waals surface area contributed by atoms with Gasteiger partial charge in [0.1, 0.15) is 0 Å². The number of anilines is 2. The largest absolute Gasteiger partial charge is 0.321 e. The fraction of sp³-hybridized carbons (Fsp3) is 0.211. The molecule has 0 saturated heterocycles. The van der Waals surface area contributed by atoms with Crippen molar-refractivity contribution < 1.29 is 14.5 Å². The zero-order valence-corrected chi connectivity index (χ0v) is 15.3. The predicted octanol–water partition coefficient (Wildman–Crippen LogP) is 1.69. The molecule has 0 radical (unpaired) electrons. The average molecular weight is 372 g/mol. The molecule has 2 atom stereocenters. The van der Waals surface area contributed by atoms with E-state index < -0.39 is 6.04 Å². The SMILES string of the molecule is C[C@H](C(=O)Nc1ccc(C#N)cc1)[NH+](C)CC(=O)Nc1ccccc1Cl. The summed E-state index contributed by atoms with van der Waals surface area (Å²) in [5.41, 5.74) is 1.67. The second-order valence-corrected chi connectivity index (χ2v) is 6.36. The Labute approximate surface area is 157 Å². The van der Waals surface area contributed by atoms with Crippen LogP contribution < -0.4 is 15.5 Å². The number of halogens is 1. The molecule has 0 aromatic heterocycles. The molecule has 6 nitrogen and oxygen atoms in total. The summed E-state index contributed by atoms with van der Waals surface area (Å²) >= 11 is 6.02. The third kappa shape index (κ3) is 5.31. The number of quaternary nitrogens is 1. The smallest absolute Gasteiger partial charge is 0.282 e. The Kier molecular flexibility index (Phi) is 6.73. The van der Waals surface area contributed by atoms with Crippen LogP contribution in [0.1, 0.15) is 12.5 Å². The predicted molar refractivity (Wildman–Crippen MR) is 101 cm³/mol. The Bertz CT molecular complexity index is 830. The van der Waals surface area contributed by atoms with E-state index in [9.17, 15) is 9.59 Å². The lowest BCUT2D eigenvalue weighted by molar-refractivity contribution is -0.885. The van der Waals surface area contributed by atoms with Crippen LogP contribution in [0.4, 0.5) is 11.4 Å². The van der Waals surface area contributed by atoms with Crippen molar-refractivity contribution in [1.82, 2.24) is 0 Å². The van der Waals surface area contributed by atoms with Crippen molar-refractivity contribution in [3.05, 3.63) is 59.1 Å². The number of para-hydroxylation sites is 1. The van der Waals surface area contributed by atoms with E-state index in [0.29, 0.717) is 22.0 Å². The first-order chi connectivity index (χ1) is 12.4. The summed E-state index contributed by atoms with van der Waals surface area (Å²) in [5, 5.41) is 14.8. The van der Waals surface area contributed by atoms with Gasteiger partial charge in [-0.05, 0) is 43.3 Å². The lowest BCUT2D eigenvalue weighted by Gasteiger charge is -2.20. The molecule has 0 spiro atoms. The Balaban J connectivity index is 1.90. The number of nitrogens with zero attached hydrogens (tertiary/aromatic N) is 1. The van der Waals surface area contributed by atoms with Gasteiger partial charge in [0, 0.05) is 5.69 Å². The van der Waals surface area contributed by atoms with Crippen molar-refractivity contribution in [3.63, 3.8) is 0 Å². The van der Waals surface area contributed by atoms with Crippen molar-refractivity contribution in [2.24, 2.45) is 0 Å². The maximum Gasteiger partial charge on any atom is 0.282 e. The molecular weight excluding hydrogens is 352 g/mol. The van der Waals surface area contributed by atoms with Gasteiger partial charge in [0.25, 0.3) is 11.8 Å². The van der Waals surface area contributed by atoms with Crippen molar-refractivity contribution >= 4 is 34.8 Å². The molecule has 0 bridgehead atoms. The van der Waals surface area contributed by atoms with Crippen LogP contribution in [0.15, 0.2) is 48.5 Å². The molecule has 3 N–H and O–H groups in total. The normalized spacial score (nSPS) is 12.5. The summed E-state index contributed by atoms with van der Waals surface area (Å²) in [6.45, 7) is 1.87. The van der Waals surface area contributed by atoms with Gasteiger partial charge in [-0.15, -0.1) is 0 Å². The molecule has 0 saturated carbocycles. The fourth-order valence-electron chi connectivity index (χ4n) is 2.27. The molecule has 0 aliphatic heterocycles. The monoisotopic (exact) mass is 371 g/mol. The minimum atomic E-state index is -0.442. The minimum Gasteiger partial charge on any atom is -0.321 e. The van der Waals surface area contributed by atoms with Crippen molar-refractivity contribution in [3.8, 4) is 6.07 Å². The number of hydrogen-bond acceptors (Lipinski definition) is 3. The lowest BCUT2D eigenvalue weighted by atomic mass is 10.2. The number of rotatable bonds is 6. The van der Waals surface area contributed by atoms with Gasteiger partial charge in [-0.2, -0.15) is 5.26 Å². The van der Waals surface area contributed by atoms with Gasteiger partial charge in [-0.25, -0.2) is 0 Å². The molecule has 2 rings (SSSR count). The maximum absolute atomic E-state index is 12.4. The van der Waals surface area contributed by atoms with E-state index >= 15 is 0 Å². The Morgan fingerprint density at radius 3 is 2.42 bits per heavy atom. The summed E-state index contributed by atoms with van der Waals surface area (Å²) in [7, 11) is 1.77. The van der Waals surface area contributed by atoms with Crippen LogP contribution in [0.3, 0.4) is 0 Å². The van der Waals surface area contributed by atoms with Crippen LogP contribution in [0.5, 0.6) is 0 Å². The van der Waals surface area contributed by atoms with Crippen molar-refractivity contribution in [2.75, 3.05) is 24.2 Å². The van der Waals surface area contributed by atoms with Crippen LogP contribution in [0.2, 0.25) is 5.02 Å². The van der Waals surface area contributed by atoms with Gasteiger partial charge in [-0.1, -0.05) is 23.7 Å². The molecule has 2 amide bonds. The van der Waals surface area contributed by atoms with Crippen LogP contribution in [0, 0.1) is 11.3 Å². The first-order valence-corrected chi connectivity index (χ1v) is 8.46. The van der Waals surface area contributed by atoms with Crippen LogP contribution in [-0.2, 0) is 9.59 Å². The highest BCUT2D eigenvalue weighted by atomic mass is 35.5.